The predicted octanol–water partition coefficient (Wildman–Crippen LogP) is 7.39. The molecule has 1 saturated heterocycles. The molecule has 0 bridgehead atoms. The van der Waals surface area contributed by atoms with Crippen LogP contribution in [0.15, 0.2) is 85.1 Å². The molecule has 3 aromatic carbocycles. The molecule has 0 radical (unpaired) electrons. The van der Waals surface area contributed by atoms with Gasteiger partial charge in [0.15, 0.2) is 11.5 Å². The third-order valence-corrected chi connectivity index (χ3v) is 10.0. The minimum absolute atomic E-state index is 0.123. The first-order valence-electron chi connectivity index (χ1n) is 18.3. The monoisotopic (exact) mass is 722 g/mol. The predicted molar refractivity (Wildman–Crippen MR) is 202 cm³/mol. The van der Waals surface area contributed by atoms with Gasteiger partial charge in [-0.25, -0.2) is 14.3 Å². The van der Waals surface area contributed by atoms with Gasteiger partial charge in [-0.15, -0.1) is 5.10 Å². The average molecular weight is 723 g/mol. The Morgan fingerprint density at radius 1 is 0.906 bits per heavy atom. The van der Waals surface area contributed by atoms with Crippen molar-refractivity contribution >= 4 is 17.6 Å². The molecule has 2 unspecified atom stereocenters. The van der Waals surface area contributed by atoms with Gasteiger partial charge in [-0.3, -0.25) is 0 Å². The molecule has 53 heavy (non-hydrogen) atoms. The van der Waals surface area contributed by atoms with Crippen LogP contribution in [0.5, 0.6) is 17.5 Å². The van der Waals surface area contributed by atoms with Gasteiger partial charge in [-0.1, -0.05) is 74.9 Å². The van der Waals surface area contributed by atoms with E-state index in [1.165, 1.54) is 0 Å². The van der Waals surface area contributed by atoms with Crippen LogP contribution in [0.25, 0.3) is 5.65 Å². The van der Waals surface area contributed by atoms with E-state index < -0.39 is 11.5 Å². The number of imidazole rings is 1. The molecular weight excluding hydrogens is 672 g/mol. The summed E-state index contributed by atoms with van der Waals surface area (Å²) in [6.07, 6.45) is 3.19. The van der Waals surface area contributed by atoms with Crippen LogP contribution in [0, 0.1) is 5.41 Å². The van der Waals surface area contributed by atoms with E-state index in [4.69, 9.17) is 34.0 Å². The molecule has 1 amide bonds. The van der Waals surface area contributed by atoms with Crippen molar-refractivity contribution in [3.63, 3.8) is 0 Å². The van der Waals surface area contributed by atoms with Crippen LogP contribution in [0.2, 0.25) is 0 Å². The quantitative estimate of drug-likeness (QED) is 0.117. The summed E-state index contributed by atoms with van der Waals surface area (Å²) < 4.78 is 24.4. The molecule has 0 saturated carbocycles. The molecule has 1 N–H and O–H groups in total. The van der Waals surface area contributed by atoms with Crippen molar-refractivity contribution in [2.45, 2.75) is 78.4 Å². The van der Waals surface area contributed by atoms with Gasteiger partial charge >= 0.3 is 12.1 Å². The van der Waals surface area contributed by atoms with E-state index in [0.717, 1.165) is 41.0 Å². The highest BCUT2D eigenvalue weighted by Gasteiger charge is 2.41. The standard InChI is InChI=1S/C41H50N6O6/c1-6-10-29(2)53-39-43-38(46(26-30-13-17-33(50-4)18-14-30)27-31-15-19-34(51-5)20-16-31)37-42-25-35(47(37)44-39)36(48)41(3)21-23-45(24-22-41)40(49)52-28-32-11-8-7-9-12-32/h7-9,11-20,25,29,36,48H,6,10,21-24,26-28H2,1-5H3. The second kappa shape index (κ2) is 17.0. The number of aliphatic hydroxyl groups excluding tert-OH is 1. The number of nitrogens with zero attached hydrogens (tertiary/aromatic N) is 6. The number of fused-ring (bicyclic) bond motifs is 1. The van der Waals surface area contributed by atoms with Crippen molar-refractivity contribution < 1.29 is 28.8 Å². The molecular formula is C41H50N6O6. The van der Waals surface area contributed by atoms with E-state index in [-0.39, 0.29) is 24.8 Å². The highest BCUT2D eigenvalue weighted by Crippen LogP contribution is 2.43. The molecule has 2 aromatic heterocycles. The zero-order valence-electron chi connectivity index (χ0n) is 31.3. The zero-order valence-corrected chi connectivity index (χ0v) is 31.3. The lowest BCUT2D eigenvalue weighted by atomic mass is 9.74. The maximum atomic E-state index is 12.9. The fraction of sp³-hybridized carbons (Fsp3) is 0.415. The Balaban J connectivity index is 1.31. The van der Waals surface area contributed by atoms with Crippen molar-refractivity contribution in [2.75, 3.05) is 32.2 Å². The Morgan fingerprint density at radius 3 is 2.08 bits per heavy atom. The summed E-state index contributed by atoms with van der Waals surface area (Å²) in [6, 6.07) is 25.7. The first kappa shape index (κ1) is 37.4. The van der Waals surface area contributed by atoms with Crippen LogP contribution in [0.3, 0.4) is 0 Å². The van der Waals surface area contributed by atoms with Gasteiger partial charge in [0.1, 0.15) is 24.2 Å². The number of rotatable bonds is 15. The van der Waals surface area contributed by atoms with Crippen molar-refractivity contribution in [1.82, 2.24) is 24.5 Å². The number of piperidine rings is 1. The van der Waals surface area contributed by atoms with Gasteiger partial charge in [0.2, 0.25) is 0 Å². The lowest BCUT2D eigenvalue weighted by molar-refractivity contribution is -0.0172. The number of carbonyl (C=O) groups excluding carboxylic acids is 1. The molecule has 0 aliphatic carbocycles. The number of anilines is 1. The first-order chi connectivity index (χ1) is 25.7. The lowest BCUT2D eigenvalue weighted by Gasteiger charge is -2.41. The summed E-state index contributed by atoms with van der Waals surface area (Å²) in [5, 5.41) is 16.9. The normalized spacial score (nSPS) is 15.1. The third-order valence-electron chi connectivity index (χ3n) is 10.0. The number of methoxy groups -OCH3 is 2. The molecule has 12 nitrogen and oxygen atoms in total. The molecule has 2 atom stereocenters. The second-order valence-electron chi connectivity index (χ2n) is 14.0. The molecule has 3 heterocycles. The number of ether oxygens (including phenoxy) is 4. The van der Waals surface area contributed by atoms with Crippen molar-refractivity contribution in [2.24, 2.45) is 5.41 Å². The summed E-state index contributed by atoms with van der Waals surface area (Å²) in [5.41, 5.74) is 3.51. The number of carbonyl (C=O) groups is 1. The SMILES string of the molecule is CCCC(C)Oc1nc(N(Cc2ccc(OC)cc2)Cc2ccc(OC)cc2)c2ncc(C(O)C3(C)CCN(C(=O)OCc4ccccc4)CC3)n2n1. The van der Waals surface area contributed by atoms with E-state index in [9.17, 15) is 9.90 Å². The highest BCUT2D eigenvalue weighted by atomic mass is 16.6. The lowest BCUT2D eigenvalue weighted by Crippen LogP contribution is -2.44. The van der Waals surface area contributed by atoms with Crippen LogP contribution in [-0.2, 0) is 24.4 Å². The van der Waals surface area contributed by atoms with Gasteiger partial charge in [-0.2, -0.15) is 4.98 Å². The van der Waals surface area contributed by atoms with E-state index in [2.05, 4.69) is 11.8 Å². The van der Waals surface area contributed by atoms with Gasteiger partial charge in [0.05, 0.1) is 32.2 Å². The number of aliphatic hydroxyl groups is 1. The topological polar surface area (TPSA) is 124 Å². The number of likely N-dealkylation sites (tertiary alicyclic amines) is 1. The van der Waals surface area contributed by atoms with Crippen LogP contribution in [-0.4, -0.2) is 69.1 Å². The number of amides is 1. The van der Waals surface area contributed by atoms with Crippen molar-refractivity contribution in [3.05, 3.63) is 107 Å². The Labute approximate surface area is 311 Å². The molecule has 0 spiro atoms. The number of aromatic nitrogens is 4. The van der Waals surface area contributed by atoms with Crippen molar-refractivity contribution in [1.29, 1.82) is 0 Å². The summed E-state index contributed by atoms with van der Waals surface area (Å²) in [6.45, 7) is 8.31. The average Bonchev–Trinajstić information content (AvgIpc) is 3.61. The van der Waals surface area contributed by atoms with E-state index >= 15 is 0 Å². The molecule has 5 aromatic rings. The number of benzene rings is 3. The fourth-order valence-corrected chi connectivity index (χ4v) is 6.71. The maximum absolute atomic E-state index is 12.9. The molecule has 6 rings (SSSR count). The molecule has 1 aliphatic heterocycles. The van der Waals surface area contributed by atoms with Crippen LogP contribution >= 0.6 is 0 Å². The second-order valence-corrected chi connectivity index (χ2v) is 14.0. The molecule has 12 heteroatoms. The third kappa shape index (κ3) is 9.00. The van der Waals surface area contributed by atoms with Gasteiger partial charge in [-0.05, 0) is 67.1 Å². The molecule has 1 aliphatic rings. The Morgan fingerprint density at radius 2 is 1.51 bits per heavy atom. The maximum Gasteiger partial charge on any atom is 0.410 e. The minimum atomic E-state index is -0.930. The first-order valence-corrected chi connectivity index (χ1v) is 18.3. The Hall–Kier alpha value is -5.36. The molecule has 280 valence electrons. The minimum Gasteiger partial charge on any atom is -0.497 e. The summed E-state index contributed by atoms with van der Waals surface area (Å²) in [5.74, 6) is 2.12. The Bertz CT molecular complexity index is 1880. The summed E-state index contributed by atoms with van der Waals surface area (Å²) >= 11 is 0. The van der Waals surface area contributed by atoms with Crippen LogP contribution in [0.4, 0.5) is 10.6 Å². The zero-order chi connectivity index (χ0) is 37.4. The van der Waals surface area contributed by atoms with Crippen molar-refractivity contribution in [3.8, 4) is 17.5 Å². The summed E-state index contributed by atoms with van der Waals surface area (Å²) in [4.78, 5) is 26.6. The summed E-state index contributed by atoms with van der Waals surface area (Å²) in [7, 11) is 3.30. The molecule has 1 fully saturated rings. The van der Waals surface area contributed by atoms with E-state index in [1.54, 1.807) is 29.8 Å². The van der Waals surface area contributed by atoms with Crippen LogP contribution < -0.4 is 19.1 Å². The number of hydrogen-bond acceptors (Lipinski definition) is 10. The fourth-order valence-electron chi connectivity index (χ4n) is 6.71. The number of hydrogen-bond donors (Lipinski definition) is 1. The van der Waals surface area contributed by atoms with Gasteiger partial charge in [0, 0.05) is 31.6 Å². The van der Waals surface area contributed by atoms with E-state index in [1.807, 2.05) is 92.7 Å². The van der Waals surface area contributed by atoms with Gasteiger partial charge < -0.3 is 33.9 Å². The van der Waals surface area contributed by atoms with E-state index in [0.29, 0.717) is 56.2 Å². The smallest absolute Gasteiger partial charge is 0.410 e. The largest absolute Gasteiger partial charge is 0.497 e. The van der Waals surface area contributed by atoms with Gasteiger partial charge in [0.25, 0.3) is 0 Å². The highest BCUT2D eigenvalue weighted by molar-refractivity contribution is 5.68. The van der Waals surface area contributed by atoms with Crippen LogP contribution in [0.1, 0.15) is 74.9 Å². The Kier molecular flexibility index (Phi) is 12.0.